The van der Waals surface area contributed by atoms with Gasteiger partial charge in [-0.05, 0) is 76.3 Å². The molecule has 1 saturated heterocycles. The number of likely N-dealkylation sites (N-methyl/N-ethyl adjacent to an activating group) is 1. The Bertz CT molecular complexity index is 1710. The summed E-state index contributed by atoms with van der Waals surface area (Å²) in [6.45, 7) is 12.0. The standard InChI is InChI=1S/C34H43F2N5O6.C2H6/c1-20-14-26(45-6)23(21-10-12-41(28(20)21)31(44)47-32(2,3)4)16-40-13-11-33(18-34(35,36)19-33)15-25(40)22-8-9-24(30(43)46-7)38-29(22)39(5)17-27(37)42;1-2/h8-10,12,14,25H,11,13,15-19H2,1-7H3,(H2,37,42);1-2H3. The smallest absolute Gasteiger partial charge is 0.419 e. The molecule has 3 heterocycles. The second-order valence-electron chi connectivity index (χ2n) is 13.9. The molecule has 1 amide bonds. The van der Waals surface area contributed by atoms with E-state index in [9.17, 15) is 23.2 Å². The maximum Gasteiger partial charge on any atom is 0.419 e. The summed E-state index contributed by atoms with van der Waals surface area (Å²) in [7, 11) is 4.48. The lowest BCUT2D eigenvalue weighted by atomic mass is 9.59. The van der Waals surface area contributed by atoms with Crippen LogP contribution in [0.1, 0.15) is 93.5 Å². The summed E-state index contributed by atoms with van der Waals surface area (Å²) < 4.78 is 46.6. The third-order valence-electron chi connectivity index (χ3n) is 9.08. The number of hydrogen-bond acceptors (Lipinski definition) is 9. The Morgan fingerprint density at radius 3 is 2.37 bits per heavy atom. The number of primary amides is 1. The number of nitrogens with zero attached hydrogens (tertiary/aromatic N) is 4. The van der Waals surface area contributed by atoms with Crippen molar-refractivity contribution in [1.82, 2.24) is 14.5 Å². The number of nitrogens with two attached hydrogens (primary N) is 1. The molecule has 5 rings (SSSR count). The molecular weight excluding hydrogens is 636 g/mol. The Balaban J connectivity index is 0.00000265. The second-order valence-corrected chi connectivity index (χ2v) is 13.9. The topological polar surface area (TPSA) is 129 Å². The van der Waals surface area contributed by atoms with Crippen molar-refractivity contribution in [3.05, 3.63) is 52.8 Å². The Hall–Kier alpha value is -4.26. The largest absolute Gasteiger partial charge is 0.496 e. The lowest BCUT2D eigenvalue weighted by Gasteiger charge is -2.55. The average Bonchev–Trinajstić information content (AvgIpc) is 3.47. The minimum absolute atomic E-state index is 0.0419. The SMILES string of the molecule is CC.COC(=O)c1ccc(C2CC3(CCN2Cc2c(OC)cc(C)c4c2ccn4C(=O)OC(C)(C)C)CC(F)(F)C3)c(N(C)CC(N)=O)n1. The number of aromatic nitrogens is 2. The number of likely N-dealkylation sites (tertiary alicyclic amines) is 1. The minimum atomic E-state index is -2.72. The van der Waals surface area contributed by atoms with Crippen molar-refractivity contribution in [3.8, 4) is 5.75 Å². The van der Waals surface area contributed by atoms with E-state index < -0.39 is 41.0 Å². The zero-order chi connectivity index (χ0) is 36.5. The zero-order valence-corrected chi connectivity index (χ0v) is 30.0. The lowest BCUT2D eigenvalue weighted by molar-refractivity contribution is -0.186. The third-order valence-corrected chi connectivity index (χ3v) is 9.08. The number of methoxy groups -OCH3 is 2. The van der Waals surface area contributed by atoms with Crippen LogP contribution in [0, 0.1) is 12.3 Å². The molecule has 1 unspecified atom stereocenters. The summed E-state index contributed by atoms with van der Waals surface area (Å²) >= 11 is 0. The normalized spacial score (nSPS) is 18.2. The number of anilines is 1. The van der Waals surface area contributed by atoms with Gasteiger partial charge >= 0.3 is 12.1 Å². The molecule has 49 heavy (non-hydrogen) atoms. The number of halogens is 2. The number of alkyl halides is 2. The predicted octanol–water partition coefficient (Wildman–Crippen LogP) is 6.62. The fourth-order valence-corrected chi connectivity index (χ4v) is 7.17. The quantitative estimate of drug-likeness (QED) is 0.260. The van der Waals surface area contributed by atoms with Crippen molar-refractivity contribution < 1.29 is 37.4 Å². The van der Waals surface area contributed by atoms with Crippen molar-refractivity contribution in [2.45, 2.75) is 91.3 Å². The maximum atomic E-state index is 14.4. The van der Waals surface area contributed by atoms with E-state index in [4.69, 9.17) is 19.9 Å². The molecule has 11 nitrogen and oxygen atoms in total. The van der Waals surface area contributed by atoms with Gasteiger partial charge in [0, 0.05) is 55.2 Å². The summed E-state index contributed by atoms with van der Waals surface area (Å²) in [5, 5.41) is 0.798. The van der Waals surface area contributed by atoms with Crippen LogP contribution in [0.2, 0.25) is 0 Å². The van der Waals surface area contributed by atoms with Crippen LogP contribution in [0.25, 0.3) is 10.9 Å². The molecule has 2 fully saturated rings. The van der Waals surface area contributed by atoms with Crippen LogP contribution in [0.5, 0.6) is 5.75 Å². The molecule has 1 aromatic carbocycles. The molecule has 1 atom stereocenters. The molecule has 2 aliphatic rings. The molecular formula is C36H49F2N5O6. The molecule has 2 N–H and O–H groups in total. The number of carbonyl (C=O) groups excluding carboxylic acids is 3. The first-order chi connectivity index (χ1) is 23.0. The number of amides is 1. The van der Waals surface area contributed by atoms with Crippen molar-refractivity contribution in [3.63, 3.8) is 0 Å². The molecule has 1 saturated carbocycles. The van der Waals surface area contributed by atoms with E-state index in [2.05, 4.69) is 9.88 Å². The first kappa shape index (κ1) is 37.6. The molecule has 2 aromatic heterocycles. The number of esters is 1. The van der Waals surface area contributed by atoms with Crippen LogP contribution in [-0.2, 0) is 20.8 Å². The molecule has 1 aliphatic carbocycles. The van der Waals surface area contributed by atoms with Crippen LogP contribution < -0.4 is 15.4 Å². The second kappa shape index (κ2) is 14.3. The summed E-state index contributed by atoms with van der Waals surface area (Å²) in [6.07, 6.45) is 1.74. The van der Waals surface area contributed by atoms with Gasteiger partial charge in [-0.1, -0.05) is 19.9 Å². The zero-order valence-electron chi connectivity index (χ0n) is 30.0. The van der Waals surface area contributed by atoms with Gasteiger partial charge in [0.1, 0.15) is 17.2 Å². The number of pyridine rings is 1. The van der Waals surface area contributed by atoms with Crippen LogP contribution >= 0.6 is 0 Å². The third kappa shape index (κ3) is 7.98. The first-order valence-electron chi connectivity index (χ1n) is 16.6. The number of piperidine rings is 1. The number of rotatable bonds is 8. The minimum Gasteiger partial charge on any atom is -0.496 e. The van der Waals surface area contributed by atoms with E-state index in [0.717, 1.165) is 16.5 Å². The lowest BCUT2D eigenvalue weighted by Crippen LogP contribution is -2.53. The number of carbonyl (C=O) groups is 3. The van der Waals surface area contributed by atoms with Gasteiger partial charge in [0.15, 0.2) is 5.69 Å². The highest BCUT2D eigenvalue weighted by atomic mass is 19.3. The van der Waals surface area contributed by atoms with Gasteiger partial charge < -0.3 is 24.8 Å². The van der Waals surface area contributed by atoms with Crippen LogP contribution in [0.3, 0.4) is 0 Å². The highest BCUT2D eigenvalue weighted by molar-refractivity contribution is 5.95. The van der Waals surface area contributed by atoms with E-state index >= 15 is 0 Å². The van der Waals surface area contributed by atoms with Gasteiger partial charge in [-0.3, -0.25) is 14.3 Å². The molecule has 1 spiro atoms. The van der Waals surface area contributed by atoms with E-state index in [1.54, 1.807) is 58.2 Å². The van der Waals surface area contributed by atoms with E-state index in [1.807, 2.05) is 32.9 Å². The Kier molecular flexibility index (Phi) is 11.0. The molecule has 0 radical (unpaired) electrons. The van der Waals surface area contributed by atoms with E-state index in [0.29, 0.717) is 48.6 Å². The fraction of sp³-hybridized carbons (Fsp3) is 0.556. The Morgan fingerprint density at radius 1 is 1.12 bits per heavy atom. The molecule has 0 bridgehead atoms. The Morgan fingerprint density at radius 2 is 1.80 bits per heavy atom. The van der Waals surface area contributed by atoms with Gasteiger partial charge in [-0.25, -0.2) is 23.4 Å². The van der Waals surface area contributed by atoms with Crippen LogP contribution in [0.15, 0.2) is 30.5 Å². The number of aryl methyl sites for hydroxylation is 1. The molecule has 13 heteroatoms. The fourth-order valence-electron chi connectivity index (χ4n) is 7.17. The number of hydrogen-bond donors (Lipinski definition) is 1. The monoisotopic (exact) mass is 685 g/mol. The van der Waals surface area contributed by atoms with E-state index in [-0.39, 0.29) is 25.1 Å². The highest BCUT2D eigenvalue weighted by Crippen LogP contribution is 2.61. The predicted molar refractivity (Wildman–Crippen MR) is 183 cm³/mol. The Labute approximate surface area is 286 Å². The summed E-state index contributed by atoms with van der Waals surface area (Å²) in [5.74, 6) is -3.01. The first-order valence-corrected chi connectivity index (χ1v) is 16.6. The number of benzene rings is 1. The maximum absolute atomic E-state index is 14.4. The molecule has 3 aromatic rings. The van der Waals surface area contributed by atoms with Crippen molar-refractivity contribution in [2.75, 3.05) is 39.3 Å². The summed E-state index contributed by atoms with van der Waals surface area (Å²) in [4.78, 5) is 45.9. The van der Waals surface area contributed by atoms with Gasteiger partial charge in [-0.2, -0.15) is 0 Å². The van der Waals surface area contributed by atoms with Crippen molar-refractivity contribution in [1.29, 1.82) is 0 Å². The summed E-state index contributed by atoms with van der Waals surface area (Å²) in [5.41, 5.74) is 7.30. The van der Waals surface area contributed by atoms with E-state index in [1.165, 1.54) is 11.7 Å². The van der Waals surface area contributed by atoms with Gasteiger partial charge in [-0.15, -0.1) is 0 Å². The molecule has 268 valence electrons. The average molecular weight is 686 g/mol. The number of ether oxygens (including phenoxy) is 3. The number of fused-ring (bicyclic) bond motifs is 1. The highest BCUT2D eigenvalue weighted by Gasteiger charge is 2.58. The van der Waals surface area contributed by atoms with Gasteiger partial charge in [0.05, 0.1) is 26.3 Å². The van der Waals surface area contributed by atoms with Crippen LogP contribution in [-0.4, -0.2) is 78.3 Å². The van der Waals surface area contributed by atoms with Crippen molar-refractivity contribution in [2.24, 2.45) is 11.1 Å². The van der Waals surface area contributed by atoms with Crippen LogP contribution in [0.4, 0.5) is 19.4 Å². The van der Waals surface area contributed by atoms with Gasteiger partial charge in [0.25, 0.3) is 0 Å². The summed E-state index contributed by atoms with van der Waals surface area (Å²) in [6, 6.07) is 6.61. The van der Waals surface area contributed by atoms with Gasteiger partial charge in [0.2, 0.25) is 11.8 Å². The van der Waals surface area contributed by atoms with Crippen molar-refractivity contribution >= 4 is 34.7 Å². The molecule has 1 aliphatic heterocycles.